The van der Waals surface area contributed by atoms with Crippen molar-refractivity contribution in [1.82, 2.24) is 5.32 Å². The Labute approximate surface area is 147 Å². The van der Waals surface area contributed by atoms with Crippen LogP contribution in [0.2, 0.25) is 0 Å². The molecule has 3 nitrogen and oxygen atoms in total. The van der Waals surface area contributed by atoms with Crippen LogP contribution in [0.4, 0.5) is 0 Å². The molecule has 3 heteroatoms. The van der Waals surface area contributed by atoms with Gasteiger partial charge in [-0.05, 0) is 41.0 Å². The molecule has 0 radical (unpaired) electrons. The fraction of sp³-hybridized carbons (Fsp3) is 0.136. The fourth-order valence-corrected chi connectivity index (χ4v) is 2.82. The van der Waals surface area contributed by atoms with Gasteiger partial charge in [-0.1, -0.05) is 66.2 Å². The summed E-state index contributed by atoms with van der Waals surface area (Å²) in [6.07, 6.45) is 3.27. The third kappa shape index (κ3) is 4.34. The zero-order valence-corrected chi connectivity index (χ0v) is 14.1. The first-order valence-electron chi connectivity index (χ1n) is 8.30. The number of amides is 1. The predicted octanol–water partition coefficient (Wildman–Crippen LogP) is 4.01. The lowest BCUT2D eigenvalue weighted by molar-refractivity contribution is -0.117. The molecule has 25 heavy (non-hydrogen) atoms. The van der Waals surface area contributed by atoms with Crippen molar-refractivity contribution in [1.29, 1.82) is 0 Å². The van der Waals surface area contributed by atoms with E-state index < -0.39 is 6.04 Å². The van der Waals surface area contributed by atoms with Crippen molar-refractivity contribution in [2.45, 2.75) is 13.0 Å². The molecule has 126 valence electrons. The molecule has 0 heterocycles. The van der Waals surface area contributed by atoms with Crippen LogP contribution in [0.25, 0.3) is 16.8 Å². The van der Waals surface area contributed by atoms with E-state index in [0.29, 0.717) is 0 Å². The molecule has 1 amide bonds. The van der Waals surface area contributed by atoms with Crippen LogP contribution in [0, 0.1) is 6.92 Å². The second kappa shape index (κ2) is 7.77. The molecule has 3 aromatic carbocycles. The molecule has 1 atom stereocenters. The largest absolute Gasteiger partial charge is 0.394 e. The summed E-state index contributed by atoms with van der Waals surface area (Å²) in [4.78, 5) is 12.2. The van der Waals surface area contributed by atoms with E-state index in [1.54, 1.807) is 6.08 Å². The lowest BCUT2D eigenvalue weighted by Crippen LogP contribution is -2.29. The van der Waals surface area contributed by atoms with E-state index in [2.05, 4.69) is 5.32 Å². The minimum absolute atomic E-state index is 0.150. The van der Waals surface area contributed by atoms with Crippen molar-refractivity contribution in [2.75, 3.05) is 6.61 Å². The molecule has 3 rings (SSSR count). The number of hydrogen-bond donors (Lipinski definition) is 2. The van der Waals surface area contributed by atoms with Gasteiger partial charge in [0.2, 0.25) is 5.91 Å². The SMILES string of the molecule is Cc1cccc(/C=C/C(=O)NC(CO)c2ccc3ccccc3c2)c1. The fourth-order valence-electron chi connectivity index (χ4n) is 2.82. The smallest absolute Gasteiger partial charge is 0.244 e. The number of aliphatic hydroxyl groups is 1. The van der Waals surface area contributed by atoms with Crippen LogP contribution in [-0.2, 0) is 4.79 Å². The normalized spacial score (nSPS) is 12.4. The number of fused-ring (bicyclic) bond motifs is 1. The monoisotopic (exact) mass is 331 g/mol. The highest BCUT2D eigenvalue weighted by Gasteiger charge is 2.12. The van der Waals surface area contributed by atoms with Crippen molar-refractivity contribution in [2.24, 2.45) is 0 Å². The number of nitrogens with one attached hydrogen (secondary N) is 1. The average molecular weight is 331 g/mol. The molecule has 0 aliphatic rings. The number of benzene rings is 3. The van der Waals surface area contributed by atoms with Gasteiger partial charge in [0, 0.05) is 6.08 Å². The van der Waals surface area contributed by atoms with Crippen molar-refractivity contribution >= 4 is 22.8 Å². The second-order valence-corrected chi connectivity index (χ2v) is 6.10. The molecular weight excluding hydrogens is 310 g/mol. The summed E-state index contributed by atoms with van der Waals surface area (Å²) >= 11 is 0. The van der Waals surface area contributed by atoms with Gasteiger partial charge >= 0.3 is 0 Å². The quantitative estimate of drug-likeness (QED) is 0.694. The summed E-state index contributed by atoms with van der Waals surface area (Å²) in [5.41, 5.74) is 3.01. The van der Waals surface area contributed by atoms with E-state index in [4.69, 9.17) is 0 Å². The molecule has 0 saturated heterocycles. The molecule has 0 bridgehead atoms. The van der Waals surface area contributed by atoms with Crippen molar-refractivity contribution < 1.29 is 9.90 Å². The molecule has 0 spiro atoms. The van der Waals surface area contributed by atoms with Crippen LogP contribution in [-0.4, -0.2) is 17.6 Å². The Kier molecular flexibility index (Phi) is 5.26. The molecule has 0 aromatic heterocycles. The maximum absolute atomic E-state index is 12.2. The van der Waals surface area contributed by atoms with Gasteiger partial charge in [0.25, 0.3) is 0 Å². The van der Waals surface area contributed by atoms with Crippen molar-refractivity contribution in [3.63, 3.8) is 0 Å². The minimum atomic E-state index is -0.431. The molecular formula is C22H21NO2. The lowest BCUT2D eigenvalue weighted by Gasteiger charge is -2.16. The minimum Gasteiger partial charge on any atom is -0.394 e. The van der Waals surface area contributed by atoms with Crippen molar-refractivity contribution in [3.8, 4) is 0 Å². The summed E-state index contributed by atoms with van der Waals surface area (Å²) in [7, 11) is 0. The Morgan fingerprint density at radius 3 is 2.60 bits per heavy atom. The van der Waals surface area contributed by atoms with E-state index in [0.717, 1.165) is 27.5 Å². The topological polar surface area (TPSA) is 49.3 Å². The summed E-state index contributed by atoms with van der Waals surface area (Å²) in [6.45, 7) is 1.86. The van der Waals surface area contributed by atoms with Gasteiger partial charge in [-0.15, -0.1) is 0 Å². The maximum atomic E-state index is 12.2. The zero-order chi connectivity index (χ0) is 17.6. The molecule has 2 N–H and O–H groups in total. The first kappa shape index (κ1) is 16.9. The molecule has 0 saturated carbocycles. The molecule has 3 aromatic rings. The molecule has 0 aliphatic heterocycles. The van der Waals surface area contributed by atoms with E-state index in [1.165, 1.54) is 6.08 Å². The maximum Gasteiger partial charge on any atom is 0.244 e. The summed E-state index contributed by atoms with van der Waals surface area (Å²) in [5.74, 6) is -0.228. The van der Waals surface area contributed by atoms with Gasteiger partial charge in [-0.25, -0.2) is 0 Å². The standard InChI is InChI=1S/C22H21NO2/c1-16-5-4-6-17(13-16)9-12-22(25)23-21(15-24)20-11-10-18-7-2-3-8-19(18)14-20/h2-14,21,24H,15H2,1H3,(H,23,25)/b12-9+. The van der Waals surface area contributed by atoms with Gasteiger partial charge in [-0.3, -0.25) is 4.79 Å². The molecule has 1 unspecified atom stereocenters. The van der Waals surface area contributed by atoms with Crippen LogP contribution in [0.5, 0.6) is 0 Å². The Morgan fingerprint density at radius 1 is 1.04 bits per heavy atom. The average Bonchev–Trinajstić information content (AvgIpc) is 2.64. The highest BCUT2D eigenvalue weighted by atomic mass is 16.3. The number of hydrogen-bond acceptors (Lipinski definition) is 2. The van der Waals surface area contributed by atoms with Crippen LogP contribution >= 0.6 is 0 Å². The number of carbonyl (C=O) groups is 1. The van der Waals surface area contributed by atoms with E-state index in [-0.39, 0.29) is 12.5 Å². The Bertz CT molecular complexity index is 915. The summed E-state index contributed by atoms with van der Waals surface area (Å²) in [5, 5.41) is 14.8. The number of aliphatic hydroxyl groups excluding tert-OH is 1. The lowest BCUT2D eigenvalue weighted by atomic mass is 10.0. The first-order chi connectivity index (χ1) is 12.2. The highest BCUT2D eigenvalue weighted by molar-refractivity contribution is 5.92. The number of rotatable bonds is 5. The molecule has 0 fully saturated rings. The van der Waals surface area contributed by atoms with E-state index in [1.807, 2.05) is 73.7 Å². The molecule has 0 aliphatic carbocycles. The summed E-state index contributed by atoms with van der Waals surface area (Å²) < 4.78 is 0. The zero-order valence-electron chi connectivity index (χ0n) is 14.1. The Hall–Kier alpha value is -2.91. The van der Waals surface area contributed by atoms with E-state index in [9.17, 15) is 9.90 Å². The third-order valence-electron chi connectivity index (χ3n) is 4.14. The van der Waals surface area contributed by atoms with Gasteiger partial charge in [0.15, 0.2) is 0 Å². The van der Waals surface area contributed by atoms with Gasteiger partial charge in [-0.2, -0.15) is 0 Å². The van der Waals surface area contributed by atoms with Crippen molar-refractivity contribution in [3.05, 3.63) is 89.5 Å². The Balaban J connectivity index is 1.73. The van der Waals surface area contributed by atoms with Gasteiger partial charge in [0.05, 0.1) is 12.6 Å². The van der Waals surface area contributed by atoms with Crippen LogP contribution < -0.4 is 5.32 Å². The van der Waals surface area contributed by atoms with Crippen LogP contribution in [0.3, 0.4) is 0 Å². The second-order valence-electron chi connectivity index (χ2n) is 6.10. The first-order valence-corrected chi connectivity index (χ1v) is 8.30. The third-order valence-corrected chi connectivity index (χ3v) is 4.14. The van der Waals surface area contributed by atoms with Crippen LogP contribution in [0.15, 0.2) is 72.8 Å². The number of carbonyl (C=O) groups excluding carboxylic acids is 1. The van der Waals surface area contributed by atoms with Crippen LogP contribution in [0.1, 0.15) is 22.7 Å². The van der Waals surface area contributed by atoms with E-state index >= 15 is 0 Å². The van der Waals surface area contributed by atoms with Gasteiger partial charge in [0.1, 0.15) is 0 Å². The summed E-state index contributed by atoms with van der Waals surface area (Å²) in [6, 6.07) is 21.5. The van der Waals surface area contributed by atoms with Gasteiger partial charge < -0.3 is 10.4 Å². The number of aryl methyl sites for hydroxylation is 1. The predicted molar refractivity (Wildman–Crippen MR) is 102 cm³/mol. The Morgan fingerprint density at radius 2 is 1.84 bits per heavy atom. The highest BCUT2D eigenvalue weighted by Crippen LogP contribution is 2.20.